The summed E-state index contributed by atoms with van der Waals surface area (Å²) in [7, 11) is 0. The summed E-state index contributed by atoms with van der Waals surface area (Å²) in [4.78, 5) is 14.8. The van der Waals surface area contributed by atoms with Crippen LogP contribution in [0.4, 0.5) is 0 Å². The first-order chi connectivity index (χ1) is 16.8. The zero-order chi connectivity index (χ0) is 22.7. The summed E-state index contributed by atoms with van der Waals surface area (Å²) >= 11 is 0. The topological polar surface area (TPSA) is 38.7 Å². The van der Waals surface area contributed by atoms with E-state index in [4.69, 9.17) is 15.0 Å². The van der Waals surface area contributed by atoms with Gasteiger partial charge in [-0.05, 0) is 28.0 Å². The highest BCUT2D eigenvalue weighted by Gasteiger charge is 2.14. The van der Waals surface area contributed by atoms with Gasteiger partial charge in [0, 0.05) is 16.7 Å². The highest BCUT2D eigenvalue weighted by Crippen LogP contribution is 2.30. The molecule has 0 amide bonds. The summed E-state index contributed by atoms with van der Waals surface area (Å²) in [6, 6.07) is 43.4. The number of fused-ring (bicyclic) bond motifs is 1. The summed E-state index contributed by atoms with van der Waals surface area (Å²) in [5, 5.41) is 2.29. The first-order valence-electron chi connectivity index (χ1n) is 11.3. The summed E-state index contributed by atoms with van der Waals surface area (Å²) < 4.78 is 0. The van der Waals surface area contributed by atoms with E-state index in [9.17, 15) is 0 Å². The monoisotopic (exact) mass is 435 g/mol. The lowest BCUT2D eigenvalue weighted by molar-refractivity contribution is 1.08. The van der Waals surface area contributed by atoms with Crippen LogP contribution in [0, 0.1) is 0 Å². The van der Waals surface area contributed by atoms with Crippen molar-refractivity contribution >= 4 is 10.8 Å². The molecule has 0 saturated heterocycles. The second-order valence-corrected chi connectivity index (χ2v) is 8.15. The Kier molecular flexibility index (Phi) is 5.13. The van der Waals surface area contributed by atoms with Gasteiger partial charge in [0.2, 0.25) is 0 Å². The minimum Gasteiger partial charge on any atom is -0.208 e. The molecule has 6 rings (SSSR count). The van der Waals surface area contributed by atoms with Gasteiger partial charge in [-0.1, -0.05) is 121 Å². The second kappa shape index (κ2) is 8.72. The summed E-state index contributed by atoms with van der Waals surface area (Å²) in [6.07, 6.45) is 0. The highest BCUT2D eigenvalue weighted by molar-refractivity contribution is 5.95. The van der Waals surface area contributed by atoms with Crippen LogP contribution >= 0.6 is 0 Å². The molecule has 5 aromatic carbocycles. The summed E-state index contributed by atoms with van der Waals surface area (Å²) in [5.41, 5.74) is 5.22. The molecular formula is C31H21N3. The first-order valence-corrected chi connectivity index (χ1v) is 11.3. The van der Waals surface area contributed by atoms with E-state index in [-0.39, 0.29) is 0 Å². The van der Waals surface area contributed by atoms with Crippen LogP contribution in [0.2, 0.25) is 0 Å². The van der Waals surface area contributed by atoms with E-state index in [1.807, 2.05) is 36.4 Å². The largest absolute Gasteiger partial charge is 0.208 e. The van der Waals surface area contributed by atoms with Crippen LogP contribution in [0.3, 0.4) is 0 Å². The fraction of sp³-hybridized carbons (Fsp3) is 0. The maximum absolute atomic E-state index is 4.96. The molecule has 0 spiro atoms. The van der Waals surface area contributed by atoms with Gasteiger partial charge in [0.1, 0.15) is 0 Å². The van der Waals surface area contributed by atoms with Crippen LogP contribution in [0.1, 0.15) is 0 Å². The Labute approximate surface area is 198 Å². The predicted molar refractivity (Wildman–Crippen MR) is 139 cm³/mol. The molecule has 0 radical (unpaired) electrons. The van der Waals surface area contributed by atoms with Crippen LogP contribution in [0.5, 0.6) is 0 Å². The van der Waals surface area contributed by atoms with Crippen molar-refractivity contribution in [1.29, 1.82) is 0 Å². The fourth-order valence-corrected chi connectivity index (χ4v) is 4.23. The lowest BCUT2D eigenvalue weighted by Crippen LogP contribution is -2.00. The second-order valence-electron chi connectivity index (χ2n) is 8.15. The van der Waals surface area contributed by atoms with E-state index in [2.05, 4.69) is 91.0 Å². The van der Waals surface area contributed by atoms with E-state index >= 15 is 0 Å². The number of aromatic nitrogens is 3. The number of nitrogens with zero attached hydrogens (tertiary/aromatic N) is 3. The molecule has 1 heterocycles. The van der Waals surface area contributed by atoms with E-state index < -0.39 is 0 Å². The van der Waals surface area contributed by atoms with Crippen molar-refractivity contribution in [2.45, 2.75) is 0 Å². The molecule has 0 aliphatic rings. The first kappa shape index (κ1) is 20.0. The van der Waals surface area contributed by atoms with Gasteiger partial charge in [0.05, 0.1) is 0 Å². The van der Waals surface area contributed by atoms with Gasteiger partial charge in [0.15, 0.2) is 17.5 Å². The van der Waals surface area contributed by atoms with Gasteiger partial charge in [-0.2, -0.15) is 0 Å². The van der Waals surface area contributed by atoms with Gasteiger partial charge < -0.3 is 0 Å². The third-order valence-corrected chi connectivity index (χ3v) is 5.93. The third-order valence-electron chi connectivity index (χ3n) is 5.93. The van der Waals surface area contributed by atoms with Gasteiger partial charge in [-0.25, -0.2) is 15.0 Å². The molecular weight excluding hydrogens is 414 g/mol. The van der Waals surface area contributed by atoms with E-state index in [1.54, 1.807) is 0 Å². The SMILES string of the molecule is c1ccc(-c2cccc(-c3nc(-c4ccccc4)nc(-c4cccc5ccccc45)n3)c2)cc1. The Morgan fingerprint density at radius 2 is 0.882 bits per heavy atom. The molecule has 160 valence electrons. The van der Waals surface area contributed by atoms with Gasteiger partial charge in [-0.15, -0.1) is 0 Å². The Balaban J connectivity index is 1.56. The molecule has 1 aromatic heterocycles. The van der Waals surface area contributed by atoms with E-state index in [1.165, 1.54) is 0 Å². The molecule has 0 aliphatic carbocycles. The molecule has 6 aromatic rings. The number of rotatable bonds is 4. The highest BCUT2D eigenvalue weighted by atomic mass is 15.0. The zero-order valence-corrected chi connectivity index (χ0v) is 18.5. The number of hydrogen-bond donors (Lipinski definition) is 0. The van der Waals surface area contributed by atoms with Gasteiger partial charge in [0.25, 0.3) is 0 Å². The molecule has 0 bridgehead atoms. The van der Waals surface area contributed by atoms with Crippen LogP contribution in [0.15, 0.2) is 127 Å². The Morgan fingerprint density at radius 3 is 1.68 bits per heavy atom. The average molecular weight is 436 g/mol. The zero-order valence-electron chi connectivity index (χ0n) is 18.5. The molecule has 0 atom stereocenters. The predicted octanol–water partition coefficient (Wildman–Crippen LogP) is 7.69. The normalized spacial score (nSPS) is 10.9. The van der Waals surface area contributed by atoms with Crippen LogP contribution in [-0.2, 0) is 0 Å². The molecule has 3 nitrogen and oxygen atoms in total. The molecule has 0 aliphatic heterocycles. The van der Waals surface area contributed by atoms with Gasteiger partial charge >= 0.3 is 0 Å². The average Bonchev–Trinajstić information content (AvgIpc) is 2.93. The molecule has 0 unspecified atom stereocenters. The quantitative estimate of drug-likeness (QED) is 0.285. The Morgan fingerprint density at radius 1 is 0.353 bits per heavy atom. The van der Waals surface area contributed by atoms with Crippen LogP contribution < -0.4 is 0 Å². The summed E-state index contributed by atoms with van der Waals surface area (Å²) in [6.45, 7) is 0. The lowest BCUT2D eigenvalue weighted by Gasteiger charge is -2.11. The van der Waals surface area contributed by atoms with Crippen LogP contribution in [0.25, 0.3) is 56.1 Å². The lowest BCUT2D eigenvalue weighted by atomic mass is 10.0. The minimum absolute atomic E-state index is 0.662. The van der Waals surface area contributed by atoms with Crippen molar-refractivity contribution in [2.24, 2.45) is 0 Å². The molecule has 3 heteroatoms. The van der Waals surface area contributed by atoms with Crippen molar-refractivity contribution in [3.8, 4) is 45.3 Å². The number of benzene rings is 5. The van der Waals surface area contributed by atoms with Crippen molar-refractivity contribution in [2.75, 3.05) is 0 Å². The molecule has 0 N–H and O–H groups in total. The summed E-state index contributed by atoms with van der Waals surface area (Å²) in [5.74, 6) is 2.00. The Hall–Kier alpha value is -4.63. The van der Waals surface area contributed by atoms with Crippen molar-refractivity contribution in [1.82, 2.24) is 15.0 Å². The maximum atomic E-state index is 4.96. The molecule has 0 saturated carbocycles. The van der Waals surface area contributed by atoms with E-state index in [0.717, 1.165) is 38.6 Å². The third kappa shape index (κ3) is 3.84. The molecule has 34 heavy (non-hydrogen) atoms. The van der Waals surface area contributed by atoms with Crippen molar-refractivity contribution < 1.29 is 0 Å². The van der Waals surface area contributed by atoms with E-state index in [0.29, 0.717) is 17.5 Å². The van der Waals surface area contributed by atoms with Crippen molar-refractivity contribution in [3.63, 3.8) is 0 Å². The fourth-order valence-electron chi connectivity index (χ4n) is 4.23. The smallest absolute Gasteiger partial charge is 0.164 e. The maximum Gasteiger partial charge on any atom is 0.164 e. The molecule has 0 fully saturated rings. The van der Waals surface area contributed by atoms with Gasteiger partial charge in [-0.3, -0.25) is 0 Å². The minimum atomic E-state index is 0.662. The number of hydrogen-bond acceptors (Lipinski definition) is 3. The Bertz CT molecular complexity index is 1590. The standard InChI is InChI=1S/C31H21N3/c1-3-11-22(12-4-1)25-17-9-18-26(21-25)30-32-29(24-14-5-2-6-15-24)33-31(34-30)28-20-10-16-23-13-7-8-19-27(23)28/h1-21H. The van der Waals surface area contributed by atoms with Crippen molar-refractivity contribution in [3.05, 3.63) is 127 Å². The van der Waals surface area contributed by atoms with Crippen LogP contribution in [-0.4, -0.2) is 15.0 Å².